The predicted molar refractivity (Wildman–Crippen MR) is 143 cm³/mol. The zero-order chi connectivity index (χ0) is 25.5. The Morgan fingerprint density at radius 3 is 2.70 bits per heavy atom. The van der Waals surface area contributed by atoms with E-state index in [1.807, 2.05) is 42.5 Å². The molecule has 1 aliphatic heterocycles. The molecular formula is C30H24N2O4S. The third-order valence-electron chi connectivity index (χ3n) is 6.72. The van der Waals surface area contributed by atoms with Gasteiger partial charge in [0, 0.05) is 18.1 Å². The second kappa shape index (κ2) is 9.33. The largest absolute Gasteiger partial charge is 0.496 e. The summed E-state index contributed by atoms with van der Waals surface area (Å²) in [5, 5.41) is 0. The molecule has 1 aliphatic carbocycles. The SMILES string of the molecule is COc1ccccc1[C@@H]1C2=C(N=c3s/c(=C\c4cccc(OC(C)=O)c4)c(=O)n31)c1ccccc1CC2. The normalized spacial score (nSPS) is 16.4. The summed E-state index contributed by atoms with van der Waals surface area (Å²) in [6, 6.07) is 23.1. The van der Waals surface area contributed by atoms with E-state index >= 15 is 0 Å². The van der Waals surface area contributed by atoms with Crippen LogP contribution in [-0.4, -0.2) is 17.6 Å². The molecule has 1 atom stereocenters. The van der Waals surface area contributed by atoms with E-state index in [1.165, 1.54) is 23.8 Å². The number of aryl methyl sites for hydroxylation is 1. The lowest BCUT2D eigenvalue weighted by Gasteiger charge is -2.31. The van der Waals surface area contributed by atoms with Gasteiger partial charge in [-0.3, -0.25) is 14.2 Å². The number of hydrogen-bond acceptors (Lipinski definition) is 6. The smallest absolute Gasteiger partial charge is 0.308 e. The Morgan fingerprint density at radius 2 is 1.86 bits per heavy atom. The van der Waals surface area contributed by atoms with Gasteiger partial charge in [0.1, 0.15) is 11.5 Å². The first-order valence-electron chi connectivity index (χ1n) is 12.1. The van der Waals surface area contributed by atoms with Crippen LogP contribution in [0.3, 0.4) is 0 Å². The van der Waals surface area contributed by atoms with E-state index in [4.69, 9.17) is 14.5 Å². The summed E-state index contributed by atoms with van der Waals surface area (Å²) in [7, 11) is 1.66. The Bertz CT molecular complexity index is 1760. The first-order valence-corrected chi connectivity index (χ1v) is 12.9. The molecule has 6 nitrogen and oxygen atoms in total. The second-order valence-electron chi connectivity index (χ2n) is 9.02. The van der Waals surface area contributed by atoms with Gasteiger partial charge in [0.2, 0.25) is 0 Å². The van der Waals surface area contributed by atoms with Crippen LogP contribution >= 0.6 is 11.3 Å². The fraction of sp³-hybridized carbons (Fsp3) is 0.167. The number of fused-ring (bicyclic) bond motifs is 3. The topological polar surface area (TPSA) is 69.9 Å². The number of rotatable bonds is 4. The third-order valence-corrected chi connectivity index (χ3v) is 7.71. The fourth-order valence-corrected chi connectivity index (χ4v) is 6.18. The van der Waals surface area contributed by atoms with Crippen molar-refractivity contribution in [1.29, 1.82) is 0 Å². The van der Waals surface area contributed by atoms with Crippen LogP contribution in [0.2, 0.25) is 0 Å². The van der Waals surface area contributed by atoms with Crippen molar-refractivity contribution in [1.82, 2.24) is 4.57 Å². The fourth-order valence-electron chi connectivity index (χ4n) is 5.18. The van der Waals surface area contributed by atoms with Crippen molar-refractivity contribution in [3.63, 3.8) is 0 Å². The number of nitrogens with zero attached hydrogens (tertiary/aromatic N) is 2. The van der Waals surface area contributed by atoms with Gasteiger partial charge in [-0.25, -0.2) is 4.99 Å². The number of hydrogen-bond donors (Lipinski definition) is 0. The standard InChI is InChI=1S/C30H24N2O4S/c1-18(33)36-21-10-7-8-19(16-21)17-26-29(34)32-28(23-12-5-6-13-25(23)35-2)24-15-14-20-9-3-4-11-22(20)27(24)31-30(32)37-26/h3-13,16-17,28H,14-15H2,1-2H3/b26-17-/t28-/m1/s1. The van der Waals surface area contributed by atoms with Gasteiger partial charge in [0.05, 0.1) is 23.4 Å². The van der Waals surface area contributed by atoms with Gasteiger partial charge >= 0.3 is 5.97 Å². The Labute approximate surface area is 217 Å². The zero-order valence-electron chi connectivity index (χ0n) is 20.4. The molecule has 1 aromatic heterocycles. The van der Waals surface area contributed by atoms with Gasteiger partial charge < -0.3 is 9.47 Å². The minimum absolute atomic E-state index is 0.108. The van der Waals surface area contributed by atoms with Gasteiger partial charge in [0.25, 0.3) is 5.56 Å². The molecule has 37 heavy (non-hydrogen) atoms. The van der Waals surface area contributed by atoms with Crippen LogP contribution in [0.5, 0.6) is 11.5 Å². The number of aromatic nitrogens is 1. The molecule has 0 unspecified atom stereocenters. The van der Waals surface area contributed by atoms with E-state index in [2.05, 4.69) is 18.2 Å². The van der Waals surface area contributed by atoms with Crippen molar-refractivity contribution in [2.45, 2.75) is 25.8 Å². The van der Waals surface area contributed by atoms with E-state index in [-0.39, 0.29) is 17.6 Å². The van der Waals surface area contributed by atoms with E-state index in [0.717, 1.165) is 46.6 Å². The van der Waals surface area contributed by atoms with E-state index < -0.39 is 0 Å². The number of esters is 1. The van der Waals surface area contributed by atoms with E-state index in [1.54, 1.807) is 29.9 Å². The number of ether oxygens (including phenoxy) is 2. The van der Waals surface area contributed by atoms with Gasteiger partial charge in [-0.15, -0.1) is 0 Å². The lowest BCUT2D eigenvalue weighted by molar-refractivity contribution is -0.131. The van der Waals surface area contributed by atoms with Crippen LogP contribution in [0.15, 0.2) is 88.2 Å². The Balaban J connectivity index is 1.59. The summed E-state index contributed by atoms with van der Waals surface area (Å²) in [6.45, 7) is 1.36. The molecule has 184 valence electrons. The average molecular weight is 509 g/mol. The van der Waals surface area contributed by atoms with Crippen LogP contribution in [0.1, 0.15) is 41.6 Å². The van der Waals surface area contributed by atoms with Crippen LogP contribution in [0.4, 0.5) is 0 Å². The van der Waals surface area contributed by atoms with Crippen molar-refractivity contribution in [2.24, 2.45) is 4.99 Å². The summed E-state index contributed by atoms with van der Waals surface area (Å²) >= 11 is 1.36. The quantitative estimate of drug-likeness (QED) is 0.305. The molecule has 0 amide bonds. The van der Waals surface area contributed by atoms with Gasteiger partial charge in [-0.2, -0.15) is 0 Å². The molecule has 0 fully saturated rings. The first kappa shape index (κ1) is 23.2. The minimum atomic E-state index is -0.390. The van der Waals surface area contributed by atoms with Gasteiger partial charge in [-0.1, -0.05) is 65.9 Å². The molecular weight excluding hydrogens is 484 g/mol. The molecule has 0 spiro atoms. The molecule has 0 saturated carbocycles. The van der Waals surface area contributed by atoms with E-state index in [9.17, 15) is 9.59 Å². The first-order chi connectivity index (χ1) is 18.0. The molecule has 0 N–H and O–H groups in total. The third kappa shape index (κ3) is 4.11. The number of para-hydroxylation sites is 1. The highest BCUT2D eigenvalue weighted by atomic mass is 32.1. The van der Waals surface area contributed by atoms with Crippen LogP contribution in [-0.2, 0) is 11.2 Å². The van der Waals surface area contributed by atoms with Crippen LogP contribution in [0, 0.1) is 0 Å². The molecule has 2 aliphatic rings. The Morgan fingerprint density at radius 1 is 1.05 bits per heavy atom. The molecule has 7 heteroatoms. The minimum Gasteiger partial charge on any atom is -0.496 e. The summed E-state index contributed by atoms with van der Waals surface area (Å²) < 4.78 is 13.3. The summed E-state index contributed by atoms with van der Waals surface area (Å²) in [6.07, 6.45) is 3.53. The van der Waals surface area contributed by atoms with Gasteiger partial charge in [-0.05, 0) is 53.8 Å². The molecule has 0 radical (unpaired) electrons. The zero-order valence-corrected chi connectivity index (χ0v) is 21.2. The second-order valence-corrected chi connectivity index (χ2v) is 10.0. The molecule has 2 heterocycles. The maximum Gasteiger partial charge on any atom is 0.308 e. The number of carbonyl (C=O) groups excluding carboxylic acids is 1. The number of thiazole rings is 1. The van der Waals surface area contributed by atoms with Crippen LogP contribution in [0.25, 0.3) is 11.8 Å². The number of allylic oxidation sites excluding steroid dienone is 1. The van der Waals surface area contributed by atoms with Crippen molar-refractivity contribution < 1.29 is 14.3 Å². The summed E-state index contributed by atoms with van der Waals surface area (Å²) in [5.41, 5.74) is 6.06. The van der Waals surface area contributed by atoms with Crippen molar-refractivity contribution in [3.05, 3.63) is 120 Å². The maximum absolute atomic E-state index is 13.9. The number of methoxy groups -OCH3 is 1. The number of carbonyl (C=O) groups is 1. The highest BCUT2D eigenvalue weighted by molar-refractivity contribution is 7.07. The molecule has 0 bridgehead atoms. The Kier molecular flexibility index (Phi) is 5.85. The summed E-state index contributed by atoms with van der Waals surface area (Å²) in [4.78, 5) is 31.0. The highest BCUT2D eigenvalue weighted by Crippen LogP contribution is 2.43. The van der Waals surface area contributed by atoms with Crippen LogP contribution < -0.4 is 24.4 Å². The predicted octanol–water partition coefficient (Wildman–Crippen LogP) is 4.25. The molecule has 3 aromatic carbocycles. The molecule has 0 saturated heterocycles. The van der Waals surface area contributed by atoms with E-state index in [0.29, 0.717) is 15.1 Å². The van der Waals surface area contributed by atoms with Crippen molar-refractivity contribution in [3.8, 4) is 11.5 Å². The number of benzene rings is 3. The van der Waals surface area contributed by atoms with Crippen molar-refractivity contribution in [2.75, 3.05) is 7.11 Å². The summed E-state index contributed by atoms with van der Waals surface area (Å²) in [5.74, 6) is 0.788. The van der Waals surface area contributed by atoms with Gasteiger partial charge in [0.15, 0.2) is 4.80 Å². The monoisotopic (exact) mass is 508 g/mol. The molecule has 4 aromatic rings. The molecule has 6 rings (SSSR count). The maximum atomic E-state index is 13.9. The average Bonchev–Trinajstić information content (AvgIpc) is 3.21. The Hall–Kier alpha value is -4.23. The lowest BCUT2D eigenvalue weighted by Crippen LogP contribution is -2.39. The van der Waals surface area contributed by atoms with Crippen molar-refractivity contribution >= 4 is 29.1 Å². The lowest BCUT2D eigenvalue weighted by atomic mass is 9.83. The highest BCUT2D eigenvalue weighted by Gasteiger charge is 2.33.